The quantitative estimate of drug-likeness (QED) is 0.551. The Morgan fingerprint density at radius 1 is 1.23 bits per heavy atom. The zero-order valence-corrected chi connectivity index (χ0v) is 15.1. The van der Waals surface area contributed by atoms with E-state index in [1.165, 1.54) is 20.3 Å². The maximum absolute atomic E-state index is 11.7. The van der Waals surface area contributed by atoms with E-state index in [0.29, 0.717) is 22.1 Å². The van der Waals surface area contributed by atoms with Gasteiger partial charge in [0.1, 0.15) is 0 Å². The Balaban J connectivity index is 1.83. The summed E-state index contributed by atoms with van der Waals surface area (Å²) in [6.07, 6.45) is 4.39. The van der Waals surface area contributed by atoms with Crippen molar-refractivity contribution in [1.29, 1.82) is 0 Å². The molecule has 9 heteroatoms. The summed E-state index contributed by atoms with van der Waals surface area (Å²) in [6, 6.07) is 2.75. The number of amides is 3. The molecule has 0 unspecified atom stereocenters. The van der Waals surface area contributed by atoms with Crippen LogP contribution in [0.4, 0.5) is 4.79 Å². The molecular weight excluding hydrogens is 364 g/mol. The van der Waals surface area contributed by atoms with Crippen molar-refractivity contribution in [3.05, 3.63) is 28.8 Å². The van der Waals surface area contributed by atoms with E-state index in [1.54, 1.807) is 12.1 Å². The van der Waals surface area contributed by atoms with Crippen molar-refractivity contribution in [3.8, 4) is 11.5 Å². The molecular formula is C17H19ClN2O6. The standard InChI is InChI=1S/C17H19ClN2O6/c1-24-13-8-10(7-12(18)16(13)25-2)3-6-15(22)26-9-14(21)20-17(23)19-11-4-5-11/h3,6-8,11H,4-5,9H2,1-2H3,(H2,19,20,21,23)/b6-3+. The number of carbonyl (C=O) groups is 3. The maximum atomic E-state index is 11.7. The summed E-state index contributed by atoms with van der Waals surface area (Å²) in [5.41, 5.74) is 0.581. The van der Waals surface area contributed by atoms with Crippen molar-refractivity contribution in [2.75, 3.05) is 20.8 Å². The second-order valence-corrected chi connectivity index (χ2v) is 5.88. The molecule has 0 atom stereocenters. The minimum Gasteiger partial charge on any atom is -0.493 e. The number of rotatable bonds is 7. The van der Waals surface area contributed by atoms with Crippen LogP contribution in [0.5, 0.6) is 11.5 Å². The van der Waals surface area contributed by atoms with E-state index < -0.39 is 24.5 Å². The number of halogens is 1. The summed E-state index contributed by atoms with van der Waals surface area (Å²) in [5, 5.41) is 4.98. The van der Waals surface area contributed by atoms with Crippen LogP contribution < -0.4 is 20.1 Å². The monoisotopic (exact) mass is 382 g/mol. The lowest BCUT2D eigenvalue weighted by molar-refractivity contribution is -0.143. The number of nitrogens with one attached hydrogen (secondary N) is 2. The van der Waals surface area contributed by atoms with E-state index >= 15 is 0 Å². The van der Waals surface area contributed by atoms with E-state index in [1.807, 2.05) is 0 Å². The number of ether oxygens (including phenoxy) is 3. The number of urea groups is 1. The Hall–Kier alpha value is -2.74. The first kappa shape index (κ1) is 19.6. The second-order valence-electron chi connectivity index (χ2n) is 5.48. The molecule has 0 aliphatic heterocycles. The molecule has 8 nitrogen and oxygen atoms in total. The lowest BCUT2D eigenvalue weighted by atomic mass is 10.2. The average Bonchev–Trinajstić information content (AvgIpc) is 3.41. The van der Waals surface area contributed by atoms with Gasteiger partial charge in [-0.25, -0.2) is 9.59 Å². The van der Waals surface area contributed by atoms with Gasteiger partial charge in [0.2, 0.25) is 0 Å². The van der Waals surface area contributed by atoms with Gasteiger partial charge in [0.25, 0.3) is 5.91 Å². The number of imide groups is 1. The molecule has 0 saturated heterocycles. The van der Waals surface area contributed by atoms with Gasteiger partial charge in [0, 0.05) is 12.1 Å². The van der Waals surface area contributed by atoms with Crippen molar-refractivity contribution in [2.45, 2.75) is 18.9 Å². The summed E-state index contributed by atoms with van der Waals surface area (Å²) in [4.78, 5) is 34.6. The third-order valence-electron chi connectivity index (χ3n) is 3.38. The molecule has 1 aliphatic carbocycles. The average molecular weight is 383 g/mol. The number of hydrogen-bond acceptors (Lipinski definition) is 6. The van der Waals surface area contributed by atoms with E-state index in [9.17, 15) is 14.4 Å². The Morgan fingerprint density at radius 2 is 1.96 bits per heavy atom. The molecule has 0 heterocycles. The maximum Gasteiger partial charge on any atom is 0.331 e. The van der Waals surface area contributed by atoms with Crippen LogP contribution in [0.25, 0.3) is 6.08 Å². The Labute approximate surface area is 155 Å². The highest BCUT2D eigenvalue weighted by molar-refractivity contribution is 6.32. The summed E-state index contributed by atoms with van der Waals surface area (Å²) in [5.74, 6) is -0.656. The molecule has 1 aromatic rings. The molecule has 1 saturated carbocycles. The first-order valence-electron chi connectivity index (χ1n) is 7.79. The minimum absolute atomic E-state index is 0.126. The van der Waals surface area contributed by atoms with E-state index in [4.69, 9.17) is 25.8 Å². The molecule has 0 aromatic heterocycles. The summed E-state index contributed by atoms with van der Waals surface area (Å²) >= 11 is 6.07. The number of hydrogen-bond donors (Lipinski definition) is 2. The normalized spacial score (nSPS) is 13.2. The van der Waals surface area contributed by atoms with Crippen LogP contribution in [-0.2, 0) is 14.3 Å². The highest BCUT2D eigenvalue weighted by Gasteiger charge is 2.24. The van der Waals surface area contributed by atoms with Gasteiger partial charge in [-0.15, -0.1) is 0 Å². The zero-order valence-electron chi connectivity index (χ0n) is 14.3. The fourth-order valence-electron chi connectivity index (χ4n) is 2.00. The predicted molar refractivity (Wildman–Crippen MR) is 94.2 cm³/mol. The third-order valence-corrected chi connectivity index (χ3v) is 3.66. The molecule has 2 N–H and O–H groups in total. The Kier molecular flexibility index (Phi) is 6.85. The Morgan fingerprint density at radius 3 is 2.58 bits per heavy atom. The van der Waals surface area contributed by atoms with Crippen molar-refractivity contribution in [1.82, 2.24) is 10.6 Å². The number of benzene rings is 1. The first-order chi connectivity index (χ1) is 12.4. The summed E-state index contributed by atoms with van der Waals surface area (Å²) in [6.45, 7) is -0.562. The highest BCUT2D eigenvalue weighted by atomic mass is 35.5. The minimum atomic E-state index is -0.742. The lowest BCUT2D eigenvalue weighted by Gasteiger charge is -2.10. The second kappa shape index (κ2) is 9.10. The van der Waals surface area contributed by atoms with E-state index in [2.05, 4.69) is 10.6 Å². The molecule has 26 heavy (non-hydrogen) atoms. The van der Waals surface area contributed by atoms with Gasteiger partial charge in [-0.05, 0) is 36.6 Å². The Bertz CT molecular complexity index is 730. The van der Waals surface area contributed by atoms with E-state index in [0.717, 1.165) is 18.9 Å². The van der Waals surface area contributed by atoms with Gasteiger partial charge in [-0.3, -0.25) is 10.1 Å². The van der Waals surface area contributed by atoms with Crippen molar-refractivity contribution < 1.29 is 28.6 Å². The van der Waals surface area contributed by atoms with Gasteiger partial charge in [-0.2, -0.15) is 0 Å². The molecule has 2 rings (SSSR count). The highest BCUT2D eigenvalue weighted by Crippen LogP contribution is 2.36. The molecule has 1 fully saturated rings. The van der Waals surface area contributed by atoms with Crippen LogP contribution in [-0.4, -0.2) is 44.8 Å². The smallest absolute Gasteiger partial charge is 0.331 e. The van der Waals surface area contributed by atoms with Crippen LogP contribution in [0.3, 0.4) is 0 Å². The van der Waals surface area contributed by atoms with Crippen LogP contribution >= 0.6 is 11.6 Å². The topological polar surface area (TPSA) is 103 Å². The van der Waals surface area contributed by atoms with Crippen molar-refractivity contribution in [3.63, 3.8) is 0 Å². The van der Waals surface area contributed by atoms with Crippen LogP contribution in [0.15, 0.2) is 18.2 Å². The summed E-state index contributed by atoms with van der Waals surface area (Å²) < 4.78 is 15.1. The van der Waals surface area contributed by atoms with Crippen LogP contribution in [0.2, 0.25) is 5.02 Å². The fourth-order valence-corrected chi connectivity index (χ4v) is 2.29. The molecule has 1 aromatic carbocycles. The van der Waals surface area contributed by atoms with Crippen LogP contribution in [0, 0.1) is 0 Å². The molecule has 140 valence electrons. The number of carbonyl (C=O) groups excluding carboxylic acids is 3. The lowest BCUT2D eigenvalue weighted by Crippen LogP contribution is -2.42. The molecule has 0 spiro atoms. The number of methoxy groups -OCH3 is 2. The molecule has 3 amide bonds. The van der Waals surface area contributed by atoms with Gasteiger partial charge < -0.3 is 19.5 Å². The van der Waals surface area contributed by atoms with E-state index in [-0.39, 0.29) is 6.04 Å². The first-order valence-corrected chi connectivity index (χ1v) is 8.17. The zero-order chi connectivity index (χ0) is 19.1. The van der Waals surface area contributed by atoms with Gasteiger partial charge in [-0.1, -0.05) is 11.6 Å². The molecule has 1 aliphatic rings. The molecule has 0 radical (unpaired) electrons. The number of esters is 1. The van der Waals surface area contributed by atoms with Gasteiger partial charge >= 0.3 is 12.0 Å². The summed E-state index contributed by atoms with van der Waals surface area (Å²) in [7, 11) is 2.93. The molecule has 0 bridgehead atoms. The van der Waals surface area contributed by atoms with Crippen molar-refractivity contribution in [2.24, 2.45) is 0 Å². The SMILES string of the molecule is COc1cc(/C=C/C(=O)OCC(=O)NC(=O)NC2CC2)cc(Cl)c1OC. The third kappa shape index (κ3) is 5.96. The van der Waals surface area contributed by atoms with Crippen LogP contribution in [0.1, 0.15) is 18.4 Å². The van der Waals surface area contributed by atoms with Gasteiger partial charge in [0.05, 0.1) is 19.2 Å². The van der Waals surface area contributed by atoms with Crippen molar-refractivity contribution >= 4 is 35.6 Å². The predicted octanol–water partition coefficient (Wildman–Crippen LogP) is 1.90. The van der Waals surface area contributed by atoms with Gasteiger partial charge in [0.15, 0.2) is 18.1 Å². The fraction of sp³-hybridized carbons (Fsp3) is 0.353. The largest absolute Gasteiger partial charge is 0.493 e.